The first-order valence-corrected chi connectivity index (χ1v) is 5.31. The first-order chi connectivity index (χ1) is 7.73. The Balaban J connectivity index is 2.29. The summed E-state index contributed by atoms with van der Waals surface area (Å²) in [6.07, 6.45) is 5.04. The SMILES string of the molecule is COc1nccnc1C(O)C1(OC)CCC1. The minimum absolute atomic E-state index is 0.360. The van der Waals surface area contributed by atoms with Gasteiger partial charge in [0, 0.05) is 19.5 Å². The molecule has 2 rings (SSSR count). The van der Waals surface area contributed by atoms with E-state index in [2.05, 4.69) is 9.97 Å². The van der Waals surface area contributed by atoms with Gasteiger partial charge in [0.05, 0.1) is 12.7 Å². The molecule has 1 saturated carbocycles. The highest BCUT2D eigenvalue weighted by atomic mass is 16.5. The second-order valence-electron chi connectivity index (χ2n) is 3.98. The fourth-order valence-electron chi connectivity index (χ4n) is 2.04. The second-order valence-corrected chi connectivity index (χ2v) is 3.98. The summed E-state index contributed by atoms with van der Waals surface area (Å²) in [7, 11) is 3.13. The predicted molar refractivity (Wildman–Crippen MR) is 57.1 cm³/mol. The summed E-state index contributed by atoms with van der Waals surface area (Å²) in [5.74, 6) is 0.360. The quantitative estimate of drug-likeness (QED) is 0.829. The van der Waals surface area contributed by atoms with Crippen LogP contribution in [0.25, 0.3) is 0 Å². The number of nitrogens with zero attached hydrogens (tertiary/aromatic N) is 2. The standard InChI is InChI=1S/C11H16N2O3/c1-15-10-8(12-6-7-13-10)9(14)11(16-2)4-3-5-11/h6-7,9,14H,3-5H2,1-2H3. The van der Waals surface area contributed by atoms with Crippen molar-refractivity contribution in [1.82, 2.24) is 9.97 Å². The second kappa shape index (κ2) is 4.35. The zero-order valence-electron chi connectivity index (χ0n) is 9.51. The van der Waals surface area contributed by atoms with Crippen LogP contribution in [0.2, 0.25) is 0 Å². The van der Waals surface area contributed by atoms with Crippen molar-refractivity contribution >= 4 is 0 Å². The maximum absolute atomic E-state index is 10.3. The Morgan fingerprint density at radius 2 is 2.00 bits per heavy atom. The largest absolute Gasteiger partial charge is 0.480 e. The van der Waals surface area contributed by atoms with Gasteiger partial charge in [-0.15, -0.1) is 0 Å². The van der Waals surface area contributed by atoms with Gasteiger partial charge in [0.25, 0.3) is 0 Å². The number of rotatable bonds is 4. The molecule has 1 N–H and O–H groups in total. The number of aliphatic hydroxyl groups excluding tert-OH is 1. The molecule has 1 aliphatic rings. The topological polar surface area (TPSA) is 64.5 Å². The molecule has 0 saturated heterocycles. The van der Waals surface area contributed by atoms with Gasteiger partial charge in [0.15, 0.2) is 0 Å². The first-order valence-electron chi connectivity index (χ1n) is 5.31. The molecular weight excluding hydrogens is 208 g/mol. The molecule has 1 atom stereocenters. The molecule has 88 valence electrons. The van der Waals surface area contributed by atoms with Gasteiger partial charge < -0.3 is 14.6 Å². The highest BCUT2D eigenvalue weighted by molar-refractivity contribution is 5.23. The van der Waals surface area contributed by atoms with E-state index in [0.717, 1.165) is 19.3 Å². The van der Waals surface area contributed by atoms with Gasteiger partial charge in [0.1, 0.15) is 11.8 Å². The lowest BCUT2D eigenvalue weighted by atomic mass is 9.75. The minimum Gasteiger partial charge on any atom is -0.480 e. The molecule has 0 spiro atoms. The molecular formula is C11H16N2O3. The summed E-state index contributed by atoms with van der Waals surface area (Å²) in [6.45, 7) is 0. The molecule has 5 heteroatoms. The molecule has 5 nitrogen and oxygen atoms in total. The molecule has 1 fully saturated rings. The molecule has 0 aliphatic heterocycles. The Hall–Kier alpha value is -1.20. The van der Waals surface area contributed by atoms with Crippen LogP contribution in [-0.2, 0) is 4.74 Å². The summed E-state index contributed by atoms with van der Waals surface area (Å²) in [5, 5.41) is 10.3. The van der Waals surface area contributed by atoms with Gasteiger partial charge in [0.2, 0.25) is 5.88 Å². The van der Waals surface area contributed by atoms with E-state index in [1.807, 2.05) is 0 Å². The Labute approximate surface area is 94.4 Å². The number of aromatic nitrogens is 2. The average molecular weight is 224 g/mol. The summed E-state index contributed by atoms with van der Waals surface area (Å²) < 4.78 is 10.5. The number of hydrogen-bond acceptors (Lipinski definition) is 5. The van der Waals surface area contributed by atoms with E-state index in [-0.39, 0.29) is 0 Å². The normalized spacial score (nSPS) is 19.9. The summed E-state index contributed by atoms with van der Waals surface area (Å²) >= 11 is 0. The summed E-state index contributed by atoms with van der Waals surface area (Å²) in [6, 6.07) is 0. The fraction of sp³-hybridized carbons (Fsp3) is 0.636. The molecule has 1 heterocycles. The molecule has 0 bridgehead atoms. The first kappa shape index (κ1) is 11.3. The van der Waals surface area contributed by atoms with E-state index >= 15 is 0 Å². The number of hydrogen-bond donors (Lipinski definition) is 1. The predicted octanol–water partition coefficient (Wildman–Crippen LogP) is 1.09. The van der Waals surface area contributed by atoms with E-state index in [1.165, 1.54) is 13.3 Å². The van der Waals surface area contributed by atoms with E-state index < -0.39 is 11.7 Å². The Morgan fingerprint density at radius 3 is 2.50 bits per heavy atom. The lowest BCUT2D eigenvalue weighted by molar-refractivity contribution is -0.153. The van der Waals surface area contributed by atoms with Crippen LogP contribution in [0.3, 0.4) is 0 Å². The van der Waals surface area contributed by atoms with E-state index in [0.29, 0.717) is 11.6 Å². The third-order valence-corrected chi connectivity index (χ3v) is 3.25. The van der Waals surface area contributed by atoms with Crippen LogP contribution in [0.15, 0.2) is 12.4 Å². The van der Waals surface area contributed by atoms with Crippen LogP contribution >= 0.6 is 0 Å². The van der Waals surface area contributed by atoms with E-state index in [9.17, 15) is 5.11 Å². The summed E-state index contributed by atoms with van der Waals surface area (Å²) in [4.78, 5) is 8.15. The number of aliphatic hydroxyl groups is 1. The number of methoxy groups -OCH3 is 2. The van der Waals surface area contributed by atoms with E-state index in [1.54, 1.807) is 13.3 Å². The van der Waals surface area contributed by atoms with Crippen LogP contribution in [0.4, 0.5) is 0 Å². The van der Waals surface area contributed by atoms with Gasteiger partial charge in [-0.1, -0.05) is 0 Å². The van der Waals surface area contributed by atoms with E-state index in [4.69, 9.17) is 9.47 Å². The molecule has 1 aromatic heterocycles. The zero-order chi connectivity index (χ0) is 11.6. The van der Waals surface area contributed by atoms with Crippen molar-refractivity contribution in [2.24, 2.45) is 0 Å². The van der Waals surface area contributed by atoms with Crippen LogP contribution in [-0.4, -0.2) is 34.9 Å². The van der Waals surface area contributed by atoms with Crippen molar-refractivity contribution in [2.75, 3.05) is 14.2 Å². The molecule has 0 aromatic carbocycles. The van der Waals surface area contributed by atoms with Gasteiger partial charge in [-0.25, -0.2) is 4.98 Å². The summed E-state index contributed by atoms with van der Waals surface area (Å²) in [5.41, 5.74) is -0.0601. The third kappa shape index (κ3) is 1.66. The van der Waals surface area contributed by atoms with Crippen LogP contribution in [0, 0.1) is 0 Å². The average Bonchev–Trinajstić information content (AvgIpc) is 2.28. The smallest absolute Gasteiger partial charge is 0.238 e. The Morgan fingerprint density at radius 1 is 1.31 bits per heavy atom. The highest BCUT2D eigenvalue weighted by Gasteiger charge is 2.46. The molecule has 1 aliphatic carbocycles. The Kier molecular flexibility index (Phi) is 3.07. The lowest BCUT2D eigenvalue weighted by Crippen LogP contribution is -2.45. The van der Waals surface area contributed by atoms with Crippen molar-refractivity contribution in [3.8, 4) is 5.88 Å². The van der Waals surface area contributed by atoms with Crippen LogP contribution < -0.4 is 4.74 Å². The van der Waals surface area contributed by atoms with Gasteiger partial charge in [-0.3, -0.25) is 4.98 Å². The van der Waals surface area contributed by atoms with Crippen LogP contribution in [0.5, 0.6) is 5.88 Å². The third-order valence-electron chi connectivity index (χ3n) is 3.25. The number of ether oxygens (including phenoxy) is 2. The highest BCUT2D eigenvalue weighted by Crippen LogP contribution is 2.45. The fourth-order valence-corrected chi connectivity index (χ4v) is 2.04. The van der Waals surface area contributed by atoms with Crippen molar-refractivity contribution < 1.29 is 14.6 Å². The molecule has 0 amide bonds. The maximum atomic E-state index is 10.3. The Bertz CT molecular complexity index is 360. The van der Waals surface area contributed by atoms with Crippen molar-refractivity contribution in [2.45, 2.75) is 31.0 Å². The van der Waals surface area contributed by atoms with Gasteiger partial charge >= 0.3 is 0 Å². The zero-order valence-corrected chi connectivity index (χ0v) is 9.51. The van der Waals surface area contributed by atoms with Gasteiger partial charge in [-0.05, 0) is 19.3 Å². The maximum Gasteiger partial charge on any atom is 0.238 e. The van der Waals surface area contributed by atoms with Gasteiger partial charge in [-0.2, -0.15) is 0 Å². The van der Waals surface area contributed by atoms with Crippen molar-refractivity contribution in [3.05, 3.63) is 18.1 Å². The molecule has 1 aromatic rings. The van der Waals surface area contributed by atoms with Crippen LogP contribution in [0.1, 0.15) is 31.1 Å². The molecule has 16 heavy (non-hydrogen) atoms. The minimum atomic E-state index is -0.783. The van der Waals surface area contributed by atoms with Crippen molar-refractivity contribution in [1.29, 1.82) is 0 Å². The molecule has 1 unspecified atom stereocenters. The van der Waals surface area contributed by atoms with Crippen molar-refractivity contribution in [3.63, 3.8) is 0 Å². The molecule has 0 radical (unpaired) electrons. The lowest BCUT2D eigenvalue weighted by Gasteiger charge is -2.43. The monoisotopic (exact) mass is 224 g/mol.